The average Bonchev–Trinajstić information content (AvgIpc) is 3.58. The number of aryl methyl sites for hydroxylation is 1. The Balaban J connectivity index is 1.20. The van der Waals surface area contributed by atoms with E-state index in [2.05, 4.69) is 68.4 Å². The molecule has 6 rings (SSSR count). The Labute approximate surface area is 230 Å². The summed E-state index contributed by atoms with van der Waals surface area (Å²) in [6, 6.07) is 24.9. The van der Waals surface area contributed by atoms with Crippen molar-refractivity contribution in [1.82, 2.24) is 0 Å². The van der Waals surface area contributed by atoms with E-state index in [1.54, 1.807) is 14.2 Å². The van der Waals surface area contributed by atoms with Crippen LogP contribution in [-0.2, 0) is 12.8 Å². The van der Waals surface area contributed by atoms with Crippen molar-refractivity contribution in [3.05, 3.63) is 95.1 Å². The van der Waals surface area contributed by atoms with Gasteiger partial charge in [-0.3, -0.25) is 0 Å². The summed E-state index contributed by atoms with van der Waals surface area (Å²) in [6.07, 6.45) is 2.23. The highest BCUT2D eigenvalue weighted by Crippen LogP contribution is 2.46. The summed E-state index contributed by atoms with van der Waals surface area (Å²) in [7, 11) is 3.32. The van der Waals surface area contributed by atoms with Gasteiger partial charge in [-0.1, -0.05) is 66.7 Å². The van der Waals surface area contributed by atoms with Crippen molar-refractivity contribution in [3.63, 3.8) is 0 Å². The SMILES string of the molecule is COc1cccc(-c2cccc3c2OC(CC(N)C2Cc4cccc(-c5cccc(C)c5C)c4O2)C3)c1OC. The predicted octanol–water partition coefficient (Wildman–Crippen LogP) is 6.68. The lowest BCUT2D eigenvalue weighted by Crippen LogP contribution is -2.41. The maximum Gasteiger partial charge on any atom is 0.168 e. The van der Waals surface area contributed by atoms with Crippen LogP contribution in [0.1, 0.15) is 28.7 Å². The number of nitrogens with two attached hydrogens (primary N) is 1. The fourth-order valence-electron chi connectivity index (χ4n) is 6.02. The quantitative estimate of drug-likeness (QED) is 0.294. The fraction of sp³-hybridized carbons (Fsp3) is 0.294. The number of methoxy groups -OCH3 is 2. The molecule has 0 spiro atoms. The molecule has 200 valence electrons. The molecule has 2 aliphatic heterocycles. The molecular weight excluding hydrogens is 486 g/mol. The van der Waals surface area contributed by atoms with Gasteiger partial charge in [0.2, 0.25) is 0 Å². The Morgan fingerprint density at radius 1 is 0.744 bits per heavy atom. The van der Waals surface area contributed by atoms with Gasteiger partial charge in [-0.15, -0.1) is 0 Å². The lowest BCUT2D eigenvalue weighted by Gasteiger charge is -2.23. The summed E-state index contributed by atoms with van der Waals surface area (Å²) in [5.74, 6) is 3.26. The highest BCUT2D eigenvalue weighted by Gasteiger charge is 2.35. The topological polar surface area (TPSA) is 62.9 Å². The number of benzene rings is 4. The molecule has 3 unspecified atom stereocenters. The van der Waals surface area contributed by atoms with Gasteiger partial charge in [-0.2, -0.15) is 0 Å². The van der Waals surface area contributed by atoms with Crippen LogP contribution in [0.4, 0.5) is 0 Å². The Hall–Kier alpha value is -3.96. The normalized spacial score (nSPS) is 18.1. The van der Waals surface area contributed by atoms with Crippen molar-refractivity contribution < 1.29 is 18.9 Å². The van der Waals surface area contributed by atoms with Crippen LogP contribution in [0.3, 0.4) is 0 Å². The molecule has 2 heterocycles. The number of rotatable bonds is 7. The van der Waals surface area contributed by atoms with E-state index in [-0.39, 0.29) is 18.2 Å². The van der Waals surface area contributed by atoms with E-state index >= 15 is 0 Å². The number of ether oxygens (including phenoxy) is 4. The molecule has 0 aliphatic carbocycles. The van der Waals surface area contributed by atoms with E-state index in [1.807, 2.05) is 18.2 Å². The zero-order chi connectivity index (χ0) is 27.1. The second-order valence-electron chi connectivity index (χ2n) is 10.6. The van der Waals surface area contributed by atoms with Gasteiger partial charge in [-0.05, 0) is 47.7 Å². The maximum absolute atomic E-state index is 6.81. The molecule has 0 bridgehead atoms. The second kappa shape index (κ2) is 10.3. The van der Waals surface area contributed by atoms with Gasteiger partial charge in [0, 0.05) is 42.0 Å². The van der Waals surface area contributed by atoms with Crippen molar-refractivity contribution in [2.24, 2.45) is 5.73 Å². The van der Waals surface area contributed by atoms with Gasteiger partial charge < -0.3 is 24.7 Å². The molecule has 0 saturated carbocycles. The first-order valence-electron chi connectivity index (χ1n) is 13.6. The summed E-state index contributed by atoms with van der Waals surface area (Å²) < 4.78 is 24.4. The molecule has 0 aromatic heterocycles. The van der Waals surface area contributed by atoms with Crippen molar-refractivity contribution >= 4 is 0 Å². The number of hydrogen-bond acceptors (Lipinski definition) is 5. The zero-order valence-electron chi connectivity index (χ0n) is 23.0. The van der Waals surface area contributed by atoms with Crippen molar-refractivity contribution in [1.29, 1.82) is 0 Å². The Kier molecular flexibility index (Phi) is 6.69. The van der Waals surface area contributed by atoms with E-state index in [9.17, 15) is 0 Å². The first kappa shape index (κ1) is 25.3. The molecule has 5 nitrogen and oxygen atoms in total. The van der Waals surface area contributed by atoms with E-state index in [1.165, 1.54) is 27.8 Å². The third-order valence-electron chi connectivity index (χ3n) is 8.22. The van der Waals surface area contributed by atoms with Crippen LogP contribution in [-0.4, -0.2) is 32.5 Å². The summed E-state index contributed by atoms with van der Waals surface area (Å²) in [6.45, 7) is 4.32. The number of hydrogen-bond donors (Lipinski definition) is 1. The van der Waals surface area contributed by atoms with Gasteiger partial charge in [0.15, 0.2) is 11.5 Å². The lowest BCUT2D eigenvalue weighted by atomic mass is 9.94. The largest absolute Gasteiger partial charge is 0.493 e. The first-order valence-corrected chi connectivity index (χ1v) is 13.6. The minimum absolute atomic E-state index is 0.0152. The molecular formula is C34H35NO4. The van der Waals surface area contributed by atoms with Crippen LogP contribution < -0.4 is 24.7 Å². The van der Waals surface area contributed by atoms with Crippen LogP contribution in [0.25, 0.3) is 22.3 Å². The third-order valence-corrected chi connectivity index (χ3v) is 8.22. The molecule has 2 aliphatic rings. The van der Waals surface area contributed by atoms with E-state index in [0.717, 1.165) is 41.0 Å². The molecule has 0 radical (unpaired) electrons. The van der Waals surface area contributed by atoms with E-state index in [4.69, 9.17) is 24.7 Å². The molecule has 4 aromatic rings. The smallest absolute Gasteiger partial charge is 0.168 e. The molecule has 0 saturated heterocycles. The summed E-state index contributed by atoms with van der Waals surface area (Å²) in [5, 5.41) is 0. The summed E-state index contributed by atoms with van der Waals surface area (Å²) in [5.41, 5.74) is 16.1. The Bertz CT molecular complexity index is 1530. The van der Waals surface area contributed by atoms with E-state index < -0.39 is 0 Å². The molecule has 0 amide bonds. The lowest BCUT2D eigenvalue weighted by molar-refractivity contribution is 0.148. The van der Waals surface area contributed by atoms with Gasteiger partial charge in [-0.25, -0.2) is 0 Å². The van der Waals surface area contributed by atoms with Gasteiger partial charge in [0.25, 0.3) is 0 Å². The average molecular weight is 522 g/mol. The number of fused-ring (bicyclic) bond motifs is 2. The van der Waals surface area contributed by atoms with E-state index in [0.29, 0.717) is 17.9 Å². The molecule has 5 heteroatoms. The van der Waals surface area contributed by atoms with Crippen LogP contribution >= 0.6 is 0 Å². The second-order valence-corrected chi connectivity index (χ2v) is 10.6. The van der Waals surface area contributed by atoms with Gasteiger partial charge >= 0.3 is 0 Å². The van der Waals surface area contributed by atoms with Crippen LogP contribution in [0, 0.1) is 13.8 Å². The van der Waals surface area contributed by atoms with Crippen molar-refractivity contribution in [2.75, 3.05) is 14.2 Å². The minimum atomic E-state index is -0.155. The maximum atomic E-state index is 6.81. The number of para-hydroxylation sites is 3. The Morgan fingerprint density at radius 3 is 2.10 bits per heavy atom. The molecule has 3 atom stereocenters. The zero-order valence-corrected chi connectivity index (χ0v) is 23.0. The van der Waals surface area contributed by atoms with Crippen LogP contribution in [0.2, 0.25) is 0 Å². The third kappa shape index (κ3) is 4.51. The molecule has 2 N–H and O–H groups in total. The highest BCUT2D eigenvalue weighted by molar-refractivity contribution is 5.80. The van der Waals surface area contributed by atoms with Crippen molar-refractivity contribution in [2.45, 2.75) is 51.4 Å². The van der Waals surface area contributed by atoms with Crippen molar-refractivity contribution in [3.8, 4) is 45.3 Å². The van der Waals surface area contributed by atoms with Gasteiger partial charge in [0.1, 0.15) is 23.7 Å². The highest BCUT2D eigenvalue weighted by atomic mass is 16.5. The van der Waals surface area contributed by atoms with Gasteiger partial charge in [0.05, 0.1) is 14.2 Å². The molecule has 0 fully saturated rings. The molecule has 4 aromatic carbocycles. The predicted molar refractivity (Wildman–Crippen MR) is 155 cm³/mol. The Morgan fingerprint density at radius 2 is 1.36 bits per heavy atom. The summed E-state index contributed by atoms with van der Waals surface area (Å²) in [4.78, 5) is 0. The minimum Gasteiger partial charge on any atom is -0.493 e. The molecule has 39 heavy (non-hydrogen) atoms. The summed E-state index contributed by atoms with van der Waals surface area (Å²) >= 11 is 0. The fourth-order valence-corrected chi connectivity index (χ4v) is 6.02. The first-order chi connectivity index (χ1) is 19.0. The van der Waals surface area contributed by atoms with Crippen LogP contribution in [0.5, 0.6) is 23.0 Å². The van der Waals surface area contributed by atoms with Crippen LogP contribution in [0.15, 0.2) is 72.8 Å². The standard InChI is InChI=1S/C34H35NO4/c1-20-9-5-12-25(21(20)2)26-13-7-11-23-18-31(39-33(23)26)29(35)19-24-17-22-10-6-14-27(32(22)38-24)28-15-8-16-30(36-3)34(28)37-4/h5-16,24,29,31H,17-19,35H2,1-4H3. The monoisotopic (exact) mass is 521 g/mol.